The molecule has 0 saturated heterocycles. The number of carbonyl (C=O) groups is 1. The van der Waals surface area contributed by atoms with Crippen LogP contribution in [0.25, 0.3) is 16.6 Å². The Labute approximate surface area is 140 Å². The zero-order chi connectivity index (χ0) is 15.6. The fourth-order valence-corrected chi connectivity index (χ4v) is 3.69. The third-order valence-electron chi connectivity index (χ3n) is 3.35. The van der Waals surface area contributed by atoms with Crippen LogP contribution in [0.5, 0.6) is 11.5 Å². The van der Waals surface area contributed by atoms with Crippen LogP contribution in [0.15, 0.2) is 46.5 Å². The Balaban J connectivity index is 1.51. The molecule has 0 saturated carbocycles. The number of allylic oxidation sites excluding steroid dienone is 1. The van der Waals surface area contributed by atoms with E-state index in [0.717, 1.165) is 16.3 Å². The summed E-state index contributed by atoms with van der Waals surface area (Å²) in [6.45, 7) is 0.201. The second kappa shape index (κ2) is 5.98. The van der Waals surface area contributed by atoms with E-state index in [4.69, 9.17) is 9.47 Å². The maximum absolute atomic E-state index is 12.2. The van der Waals surface area contributed by atoms with Crippen LogP contribution in [-0.4, -0.2) is 17.6 Å². The van der Waals surface area contributed by atoms with Crippen LogP contribution in [0.2, 0.25) is 0 Å². The van der Waals surface area contributed by atoms with Gasteiger partial charge in [-0.05, 0) is 41.8 Å². The van der Waals surface area contributed by atoms with Gasteiger partial charge in [0.15, 0.2) is 17.3 Å². The van der Waals surface area contributed by atoms with Gasteiger partial charge >= 0.3 is 0 Å². The Morgan fingerprint density at radius 3 is 2.96 bits per heavy atom. The van der Waals surface area contributed by atoms with E-state index >= 15 is 0 Å². The molecule has 0 bridgehead atoms. The zero-order valence-electron chi connectivity index (χ0n) is 11.9. The minimum absolute atomic E-state index is 0.0895. The number of benzene rings is 1. The number of thiophene rings is 1. The molecule has 0 N–H and O–H groups in total. The first-order valence-corrected chi connectivity index (χ1v) is 8.72. The third-order valence-corrected chi connectivity index (χ3v) is 4.95. The average Bonchev–Trinajstić information content (AvgIpc) is 3.32. The molecule has 1 aliphatic heterocycles. The second-order valence-electron chi connectivity index (χ2n) is 4.86. The number of nitrogens with zero attached hydrogens (tertiary/aromatic N) is 1. The molecule has 1 aliphatic rings. The molecule has 1 aromatic carbocycles. The Morgan fingerprint density at radius 2 is 2.09 bits per heavy atom. The van der Waals surface area contributed by atoms with Crippen molar-refractivity contribution in [3.63, 3.8) is 0 Å². The summed E-state index contributed by atoms with van der Waals surface area (Å²) in [6.07, 6.45) is 3.27. The van der Waals surface area contributed by atoms with Gasteiger partial charge < -0.3 is 9.47 Å². The van der Waals surface area contributed by atoms with Crippen LogP contribution in [0.1, 0.15) is 16.1 Å². The highest BCUT2D eigenvalue weighted by Gasteiger charge is 2.15. The topological polar surface area (TPSA) is 48.4 Å². The maximum atomic E-state index is 12.2. The van der Waals surface area contributed by atoms with Gasteiger partial charge in [0.2, 0.25) is 6.79 Å². The van der Waals surface area contributed by atoms with Gasteiger partial charge in [-0.25, -0.2) is 4.98 Å². The van der Waals surface area contributed by atoms with E-state index < -0.39 is 0 Å². The van der Waals surface area contributed by atoms with Gasteiger partial charge in [-0.1, -0.05) is 0 Å². The SMILES string of the molecule is O=C(/C=C/c1csc(-c2ccsc2)n1)c1ccc2c(c1)OCO2. The number of thiazole rings is 1. The molecule has 4 nitrogen and oxygen atoms in total. The Bertz CT molecular complexity index is 881. The van der Waals surface area contributed by atoms with Crippen molar-refractivity contribution in [2.45, 2.75) is 0 Å². The van der Waals surface area contributed by atoms with E-state index in [1.807, 2.05) is 16.8 Å². The van der Waals surface area contributed by atoms with Crippen LogP contribution in [-0.2, 0) is 0 Å². The molecule has 2 aromatic heterocycles. The Kier molecular flexibility index (Phi) is 3.69. The standard InChI is InChI=1S/C17H11NO3S2/c19-14(11-1-4-15-16(7-11)21-10-20-15)3-2-13-9-23-17(18-13)12-5-6-22-8-12/h1-9H,10H2/b3-2+. The highest BCUT2D eigenvalue weighted by Crippen LogP contribution is 2.32. The molecule has 0 spiro atoms. The molecule has 0 amide bonds. The lowest BCUT2D eigenvalue weighted by atomic mass is 10.1. The molecule has 0 atom stereocenters. The number of fused-ring (bicyclic) bond motifs is 1. The van der Waals surface area contributed by atoms with Crippen molar-refractivity contribution >= 4 is 34.5 Å². The average molecular weight is 341 g/mol. The van der Waals surface area contributed by atoms with E-state index in [9.17, 15) is 4.79 Å². The summed E-state index contributed by atoms with van der Waals surface area (Å²) in [6, 6.07) is 7.22. The number of aromatic nitrogens is 1. The highest BCUT2D eigenvalue weighted by atomic mass is 32.1. The normalized spacial score (nSPS) is 12.9. The summed E-state index contributed by atoms with van der Waals surface area (Å²) in [4.78, 5) is 16.8. The van der Waals surface area contributed by atoms with Crippen molar-refractivity contribution < 1.29 is 14.3 Å². The van der Waals surface area contributed by atoms with Gasteiger partial charge in [0.25, 0.3) is 0 Å². The van der Waals surface area contributed by atoms with E-state index in [1.165, 1.54) is 6.08 Å². The molecular weight excluding hydrogens is 330 g/mol. The first-order valence-electron chi connectivity index (χ1n) is 6.90. The van der Waals surface area contributed by atoms with Gasteiger partial charge in [-0.15, -0.1) is 11.3 Å². The number of hydrogen-bond acceptors (Lipinski definition) is 6. The van der Waals surface area contributed by atoms with Crippen LogP contribution < -0.4 is 9.47 Å². The van der Waals surface area contributed by atoms with Crippen molar-refractivity contribution in [1.29, 1.82) is 0 Å². The quantitative estimate of drug-likeness (QED) is 0.518. The zero-order valence-corrected chi connectivity index (χ0v) is 13.5. The predicted octanol–water partition coefficient (Wildman–Crippen LogP) is 4.50. The molecule has 23 heavy (non-hydrogen) atoms. The Hall–Kier alpha value is -2.44. The summed E-state index contributed by atoms with van der Waals surface area (Å²) in [7, 11) is 0. The third kappa shape index (κ3) is 2.91. The molecule has 114 valence electrons. The largest absolute Gasteiger partial charge is 0.454 e. The highest BCUT2D eigenvalue weighted by molar-refractivity contribution is 7.14. The predicted molar refractivity (Wildman–Crippen MR) is 91.4 cm³/mol. The van der Waals surface area contributed by atoms with E-state index in [2.05, 4.69) is 10.4 Å². The van der Waals surface area contributed by atoms with Crippen LogP contribution in [0, 0.1) is 0 Å². The molecule has 0 unspecified atom stereocenters. The molecule has 3 heterocycles. The van der Waals surface area contributed by atoms with E-state index in [0.29, 0.717) is 17.1 Å². The van der Waals surface area contributed by atoms with Crippen molar-refractivity contribution in [3.8, 4) is 22.1 Å². The fraction of sp³-hybridized carbons (Fsp3) is 0.0588. The van der Waals surface area contributed by atoms with Gasteiger partial charge in [0, 0.05) is 21.9 Å². The number of ketones is 1. The number of hydrogen-bond donors (Lipinski definition) is 0. The van der Waals surface area contributed by atoms with Gasteiger partial charge in [-0.2, -0.15) is 11.3 Å². The first-order chi connectivity index (χ1) is 11.3. The minimum atomic E-state index is -0.0895. The van der Waals surface area contributed by atoms with E-state index in [1.54, 1.807) is 46.9 Å². The van der Waals surface area contributed by atoms with Crippen molar-refractivity contribution in [3.05, 3.63) is 57.7 Å². The lowest BCUT2D eigenvalue weighted by molar-refractivity contribution is 0.104. The molecule has 0 radical (unpaired) electrons. The van der Waals surface area contributed by atoms with Crippen molar-refractivity contribution in [1.82, 2.24) is 4.98 Å². The number of ether oxygens (including phenoxy) is 2. The lowest BCUT2D eigenvalue weighted by Crippen LogP contribution is -1.94. The molecule has 3 aromatic rings. The molecule has 4 rings (SSSR count). The summed E-state index contributed by atoms with van der Waals surface area (Å²) < 4.78 is 10.5. The van der Waals surface area contributed by atoms with Gasteiger partial charge in [0.05, 0.1) is 5.69 Å². The van der Waals surface area contributed by atoms with E-state index in [-0.39, 0.29) is 12.6 Å². The smallest absolute Gasteiger partial charge is 0.231 e. The summed E-state index contributed by atoms with van der Waals surface area (Å²) in [5, 5.41) is 6.98. The monoisotopic (exact) mass is 341 g/mol. The van der Waals surface area contributed by atoms with Crippen molar-refractivity contribution in [2.75, 3.05) is 6.79 Å². The van der Waals surface area contributed by atoms with Crippen LogP contribution in [0.4, 0.5) is 0 Å². The minimum Gasteiger partial charge on any atom is -0.454 e. The van der Waals surface area contributed by atoms with Crippen LogP contribution >= 0.6 is 22.7 Å². The van der Waals surface area contributed by atoms with Crippen molar-refractivity contribution in [2.24, 2.45) is 0 Å². The molecule has 0 aliphatic carbocycles. The summed E-state index contributed by atoms with van der Waals surface area (Å²) >= 11 is 3.21. The summed E-state index contributed by atoms with van der Waals surface area (Å²) in [5.74, 6) is 1.19. The Morgan fingerprint density at radius 1 is 1.17 bits per heavy atom. The molecule has 0 fully saturated rings. The number of rotatable bonds is 4. The van der Waals surface area contributed by atoms with Gasteiger partial charge in [-0.3, -0.25) is 4.79 Å². The first kappa shape index (κ1) is 14.2. The second-order valence-corrected chi connectivity index (χ2v) is 6.49. The van der Waals surface area contributed by atoms with Gasteiger partial charge in [0.1, 0.15) is 5.01 Å². The summed E-state index contributed by atoms with van der Waals surface area (Å²) in [5.41, 5.74) is 2.46. The lowest BCUT2D eigenvalue weighted by Gasteiger charge is -1.98. The number of carbonyl (C=O) groups excluding carboxylic acids is 1. The van der Waals surface area contributed by atoms with Crippen LogP contribution in [0.3, 0.4) is 0 Å². The maximum Gasteiger partial charge on any atom is 0.231 e. The fourth-order valence-electron chi connectivity index (χ4n) is 2.19. The molecule has 6 heteroatoms. The molecular formula is C17H11NO3S2.